The summed E-state index contributed by atoms with van der Waals surface area (Å²) in [7, 11) is 0. The van der Waals surface area contributed by atoms with Crippen LogP contribution >= 0.6 is 0 Å². The Morgan fingerprint density at radius 2 is 1.05 bits per heavy atom. The van der Waals surface area contributed by atoms with E-state index in [0.29, 0.717) is 12.8 Å². The van der Waals surface area contributed by atoms with Crippen molar-refractivity contribution in [2.24, 2.45) is 11.8 Å². The molecule has 115 valence electrons. The molecule has 0 heterocycles. The minimum atomic E-state index is -0.903. The van der Waals surface area contributed by atoms with E-state index in [1.54, 1.807) is 0 Å². The largest absolute Gasteiger partial charge is 2.00 e. The topological polar surface area (TPSA) is 80.3 Å². The second-order valence-electron chi connectivity index (χ2n) is 4.43. The van der Waals surface area contributed by atoms with Crippen LogP contribution in [0.4, 0.5) is 0 Å². The third-order valence-corrected chi connectivity index (χ3v) is 2.93. The van der Waals surface area contributed by atoms with Crippen molar-refractivity contribution in [2.75, 3.05) is 0 Å². The zero-order chi connectivity index (χ0) is 14.6. The second kappa shape index (κ2) is 15.5. The molecule has 0 rings (SSSR count). The van der Waals surface area contributed by atoms with Gasteiger partial charge in [0, 0.05) is 11.9 Å². The van der Waals surface area contributed by atoms with Gasteiger partial charge in [-0.1, -0.05) is 40.5 Å². The second-order valence-corrected chi connectivity index (χ2v) is 4.43. The molecule has 0 amide bonds. The first-order valence-electron chi connectivity index (χ1n) is 6.86. The molecule has 0 saturated carbocycles. The maximum absolute atomic E-state index is 10.2. The molecule has 0 aliphatic heterocycles. The van der Waals surface area contributed by atoms with Crippen LogP contribution in [0.3, 0.4) is 0 Å². The van der Waals surface area contributed by atoms with Crippen molar-refractivity contribution in [2.45, 2.75) is 66.2 Å². The van der Waals surface area contributed by atoms with Crippen LogP contribution in [0.5, 0.6) is 0 Å². The summed E-state index contributed by atoms with van der Waals surface area (Å²) in [5, 5.41) is 20.4. The Morgan fingerprint density at radius 1 is 0.789 bits per heavy atom. The minimum Gasteiger partial charge on any atom is -0.550 e. The number of carboxylic acids is 2. The normalized spacial score (nSPS) is 12.4. The van der Waals surface area contributed by atoms with E-state index in [-0.39, 0.29) is 28.6 Å². The first kappa shape index (κ1) is 23.5. The van der Waals surface area contributed by atoms with E-state index < -0.39 is 11.9 Å². The summed E-state index contributed by atoms with van der Waals surface area (Å²) in [5.74, 6) is -2.26. The van der Waals surface area contributed by atoms with Gasteiger partial charge in [-0.2, -0.15) is 0 Å². The molecule has 0 aliphatic rings. The Labute approximate surface area is 127 Å². The van der Waals surface area contributed by atoms with Gasteiger partial charge in [0.05, 0.1) is 0 Å². The van der Waals surface area contributed by atoms with E-state index in [1.807, 2.05) is 27.7 Å². The molecule has 0 spiro atoms. The Bertz CT molecular complexity index is 207. The summed E-state index contributed by atoms with van der Waals surface area (Å²) in [5.41, 5.74) is 0. The molecule has 0 aliphatic carbocycles. The van der Waals surface area contributed by atoms with Gasteiger partial charge in [0.15, 0.2) is 0 Å². The number of carbonyl (C=O) groups is 2. The molecule has 0 aromatic rings. The summed E-state index contributed by atoms with van der Waals surface area (Å²) < 4.78 is 0. The SMILES string of the molecule is CCCC(CC)C(=O)[O-].CCCC(CC)C(=O)[O-].[Co+2]. The summed E-state index contributed by atoms with van der Waals surface area (Å²) in [6.45, 7) is 7.70. The van der Waals surface area contributed by atoms with Gasteiger partial charge in [-0.3, -0.25) is 0 Å². The molecular formula is C14H26CoO4. The summed E-state index contributed by atoms with van der Waals surface area (Å²) in [4.78, 5) is 20.4. The van der Waals surface area contributed by atoms with E-state index in [0.717, 1.165) is 25.7 Å². The third-order valence-electron chi connectivity index (χ3n) is 2.93. The van der Waals surface area contributed by atoms with E-state index in [4.69, 9.17) is 0 Å². The summed E-state index contributed by atoms with van der Waals surface area (Å²) in [6.07, 6.45) is 4.73. The summed E-state index contributed by atoms with van der Waals surface area (Å²) >= 11 is 0. The molecular weight excluding hydrogens is 291 g/mol. The van der Waals surface area contributed by atoms with E-state index in [9.17, 15) is 19.8 Å². The Balaban J connectivity index is -0.000000256. The Morgan fingerprint density at radius 3 is 1.11 bits per heavy atom. The van der Waals surface area contributed by atoms with Crippen LogP contribution in [0.15, 0.2) is 0 Å². The van der Waals surface area contributed by atoms with E-state index >= 15 is 0 Å². The average molecular weight is 317 g/mol. The van der Waals surface area contributed by atoms with Crippen LogP contribution in [0.1, 0.15) is 66.2 Å². The van der Waals surface area contributed by atoms with E-state index in [2.05, 4.69) is 0 Å². The number of hydrogen-bond acceptors (Lipinski definition) is 4. The monoisotopic (exact) mass is 317 g/mol. The molecule has 19 heavy (non-hydrogen) atoms. The zero-order valence-electron chi connectivity index (χ0n) is 12.4. The van der Waals surface area contributed by atoms with Crippen LogP contribution in [0.25, 0.3) is 0 Å². The number of hydrogen-bond donors (Lipinski definition) is 0. The minimum absolute atomic E-state index is 0. The van der Waals surface area contributed by atoms with Crippen molar-refractivity contribution >= 4 is 11.9 Å². The average Bonchev–Trinajstić information content (AvgIpc) is 2.32. The van der Waals surface area contributed by atoms with Crippen molar-refractivity contribution in [3.05, 3.63) is 0 Å². The molecule has 0 fully saturated rings. The Kier molecular flexibility index (Phi) is 19.2. The third kappa shape index (κ3) is 13.7. The van der Waals surface area contributed by atoms with Crippen LogP contribution in [-0.2, 0) is 26.4 Å². The predicted octanol–water partition coefficient (Wildman–Crippen LogP) is 1.12. The van der Waals surface area contributed by atoms with Crippen molar-refractivity contribution in [1.29, 1.82) is 0 Å². The molecule has 5 heteroatoms. The number of rotatable bonds is 8. The van der Waals surface area contributed by atoms with Gasteiger partial charge in [0.2, 0.25) is 0 Å². The van der Waals surface area contributed by atoms with Gasteiger partial charge in [0.25, 0.3) is 0 Å². The van der Waals surface area contributed by atoms with Gasteiger partial charge in [0.1, 0.15) is 0 Å². The fourth-order valence-corrected chi connectivity index (χ4v) is 1.67. The smallest absolute Gasteiger partial charge is 0.550 e. The fraction of sp³-hybridized carbons (Fsp3) is 0.857. The molecule has 2 unspecified atom stereocenters. The predicted molar refractivity (Wildman–Crippen MR) is 67.4 cm³/mol. The zero-order valence-corrected chi connectivity index (χ0v) is 13.4. The number of aliphatic carboxylic acids is 2. The van der Waals surface area contributed by atoms with Crippen LogP contribution in [0, 0.1) is 11.8 Å². The number of carbonyl (C=O) groups excluding carboxylic acids is 2. The van der Waals surface area contributed by atoms with Crippen LogP contribution in [0.2, 0.25) is 0 Å². The first-order chi connectivity index (χ1) is 8.44. The molecule has 0 aromatic heterocycles. The molecule has 0 saturated heterocycles. The Hall–Kier alpha value is -0.554. The van der Waals surface area contributed by atoms with Gasteiger partial charge in [-0.05, 0) is 37.5 Å². The summed E-state index contributed by atoms with van der Waals surface area (Å²) in [6, 6.07) is 0. The van der Waals surface area contributed by atoms with Gasteiger partial charge in [-0.15, -0.1) is 0 Å². The molecule has 0 N–H and O–H groups in total. The van der Waals surface area contributed by atoms with Crippen molar-refractivity contribution in [3.63, 3.8) is 0 Å². The maximum atomic E-state index is 10.2. The van der Waals surface area contributed by atoms with Gasteiger partial charge < -0.3 is 19.8 Å². The van der Waals surface area contributed by atoms with Crippen molar-refractivity contribution < 1.29 is 36.6 Å². The molecule has 0 bridgehead atoms. The molecule has 1 radical (unpaired) electrons. The molecule has 2 atom stereocenters. The van der Waals surface area contributed by atoms with Crippen molar-refractivity contribution in [1.82, 2.24) is 0 Å². The van der Waals surface area contributed by atoms with Gasteiger partial charge >= 0.3 is 16.8 Å². The van der Waals surface area contributed by atoms with Crippen molar-refractivity contribution in [3.8, 4) is 0 Å². The quantitative estimate of drug-likeness (QED) is 0.672. The number of carboxylic acid groups (broad SMARTS) is 2. The van der Waals surface area contributed by atoms with Crippen LogP contribution in [-0.4, -0.2) is 11.9 Å². The maximum Gasteiger partial charge on any atom is 2.00 e. The van der Waals surface area contributed by atoms with Gasteiger partial charge in [-0.25, -0.2) is 0 Å². The molecule has 4 nitrogen and oxygen atoms in total. The molecule has 0 aromatic carbocycles. The van der Waals surface area contributed by atoms with Crippen LogP contribution < -0.4 is 10.2 Å². The standard InChI is InChI=1S/2C7H14O2.Co/c2*1-3-5-6(4-2)7(8)9;/h2*6H,3-5H2,1-2H3,(H,8,9);/q;;+2/p-2. The van der Waals surface area contributed by atoms with E-state index in [1.165, 1.54) is 0 Å². The fourth-order valence-electron chi connectivity index (χ4n) is 1.67. The first-order valence-corrected chi connectivity index (χ1v) is 6.86.